The number of hydrogen-bond donors (Lipinski definition) is 1. The SMILES string of the molecule is COc1cccc2c1CCC2C(=O)NS(=O)(=O)c1cc([N+](=O)[O-])ccc1C. The zero-order valence-electron chi connectivity index (χ0n) is 14.8. The van der Waals surface area contributed by atoms with E-state index in [1.807, 2.05) is 0 Å². The molecule has 1 amide bonds. The van der Waals surface area contributed by atoms with E-state index in [2.05, 4.69) is 4.72 Å². The molecule has 0 heterocycles. The average Bonchev–Trinajstić information content (AvgIpc) is 3.05. The number of carbonyl (C=O) groups excluding carboxylic acids is 1. The van der Waals surface area contributed by atoms with Crippen molar-refractivity contribution in [2.75, 3.05) is 7.11 Å². The average molecular weight is 390 g/mol. The Kier molecular flexibility index (Phi) is 4.88. The van der Waals surface area contributed by atoms with Crippen LogP contribution in [0, 0.1) is 17.0 Å². The molecule has 0 bridgehead atoms. The molecule has 1 atom stereocenters. The molecule has 9 heteroatoms. The maximum atomic E-state index is 12.7. The van der Waals surface area contributed by atoms with Crippen molar-refractivity contribution in [2.24, 2.45) is 0 Å². The Bertz CT molecular complexity index is 1030. The van der Waals surface area contributed by atoms with Crippen LogP contribution < -0.4 is 9.46 Å². The lowest BCUT2D eigenvalue weighted by Crippen LogP contribution is -2.34. The lowest BCUT2D eigenvalue weighted by atomic mass is 10.0. The van der Waals surface area contributed by atoms with Gasteiger partial charge in [0.25, 0.3) is 15.7 Å². The summed E-state index contributed by atoms with van der Waals surface area (Å²) in [6.07, 6.45) is 1.07. The summed E-state index contributed by atoms with van der Waals surface area (Å²) >= 11 is 0. The summed E-state index contributed by atoms with van der Waals surface area (Å²) in [7, 11) is -2.70. The summed E-state index contributed by atoms with van der Waals surface area (Å²) in [4.78, 5) is 22.6. The summed E-state index contributed by atoms with van der Waals surface area (Å²) in [6, 6.07) is 8.84. The molecule has 2 aromatic rings. The fourth-order valence-corrected chi connectivity index (χ4v) is 4.62. The number of benzene rings is 2. The third kappa shape index (κ3) is 3.50. The molecule has 0 radical (unpaired) electrons. The van der Waals surface area contributed by atoms with Crippen LogP contribution in [0.2, 0.25) is 0 Å². The normalized spacial score (nSPS) is 15.9. The molecule has 27 heavy (non-hydrogen) atoms. The molecule has 3 rings (SSSR count). The van der Waals surface area contributed by atoms with Crippen LogP contribution in [-0.4, -0.2) is 26.4 Å². The quantitative estimate of drug-likeness (QED) is 0.619. The molecule has 8 nitrogen and oxygen atoms in total. The minimum Gasteiger partial charge on any atom is -0.496 e. The van der Waals surface area contributed by atoms with Crippen LogP contribution in [0.5, 0.6) is 5.75 Å². The Morgan fingerprint density at radius 3 is 2.70 bits per heavy atom. The van der Waals surface area contributed by atoms with Gasteiger partial charge in [-0.3, -0.25) is 14.9 Å². The number of non-ortho nitro benzene ring substituents is 1. The van der Waals surface area contributed by atoms with Gasteiger partial charge in [0.05, 0.1) is 22.8 Å². The van der Waals surface area contributed by atoms with Crippen LogP contribution in [0.4, 0.5) is 5.69 Å². The maximum Gasteiger partial charge on any atom is 0.270 e. The van der Waals surface area contributed by atoms with Crippen LogP contribution in [0.15, 0.2) is 41.3 Å². The summed E-state index contributed by atoms with van der Waals surface area (Å²) in [6.45, 7) is 1.51. The van der Waals surface area contributed by atoms with Crippen molar-refractivity contribution < 1.29 is 22.9 Å². The monoisotopic (exact) mass is 390 g/mol. The number of nitrogens with zero attached hydrogens (tertiary/aromatic N) is 1. The molecular formula is C18H18N2O6S. The molecular weight excluding hydrogens is 372 g/mol. The van der Waals surface area contributed by atoms with Crippen LogP contribution in [0.1, 0.15) is 29.0 Å². The number of rotatable bonds is 5. The number of nitrogens with one attached hydrogen (secondary N) is 1. The second-order valence-electron chi connectivity index (χ2n) is 6.30. The Morgan fingerprint density at radius 1 is 1.30 bits per heavy atom. The molecule has 0 saturated carbocycles. The van der Waals surface area contributed by atoms with Crippen molar-refractivity contribution in [3.05, 3.63) is 63.2 Å². The van der Waals surface area contributed by atoms with Crippen LogP contribution >= 0.6 is 0 Å². The molecule has 1 N–H and O–H groups in total. The molecule has 0 fully saturated rings. The molecule has 0 aliphatic heterocycles. The van der Waals surface area contributed by atoms with E-state index in [-0.39, 0.29) is 10.6 Å². The molecule has 142 valence electrons. The second-order valence-corrected chi connectivity index (χ2v) is 7.95. The van der Waals surface area contributed by atoms with Crippen LogP contribution in [0.3, 0.4) is 0 Å². The second kappa shape index (κ2) is 6.99. The highest BCUT2D eigenvalue weighted by Gasteiger charge is 2.33. The van der Waals surface area contributed by atoms with Crippen LogP contribution in [-0.2, 0) is 21.2 Å². The van der Waals surface area contributed by atoms with Gasteiger partial charge in [-0.25, -0.2) is 13.1 Å². The summed E-state index contributed by atoms with van der Waals surface area (Å²) in [5, 5.41) is 10.9. The molecule has 1 aliphatic rings. The summed E-state index contributed by atoms with van der Waals surface area (Å²) in [5.41, 5.74) is 1.58. The van der Waals surface area contributed by atoms with Crippen molar-refractivity contribution in [1.82, 2.24) is 4.72 Å². The first-order valence-corrected chi connectivity index (χ1v) is 9.70. The minimum absolute atomic E-state index is 0.283. The predicted molar refractivity (Wildman–Crippen MR) is 97.2 cm³/mol. The Morgan fingerprint density at radius 2 is 2.04 bits per heavy atom. The van der Waals surface area contributed by atoms with Crippen molar-refractivity contribution >= 4 is 21.6 Å². The number of ether oxygens (including phenoxy) is 1. The zero-order chi connectivity index (χ0) is 19.8. The molecule has 2 aromatic carbocycles. The molecule has 0 aromatic heterocycles. The smallest absolute Gasteiger partial charge is 0.270 e. The van der Waals surface area contributed by atoms with E-state index in [9.17, 15) is 23.3 Å². The van der Waals surface area contributed by atoms with E-state index in [0.29, 0.717) is 24.2 Å². The van der Waals surface area contributed by atoms with Gasteiger partial charge < -0.3 is 4.74 Å². The Labute approximate surface area is 156 Å². The van der Waals surface area contributed by atoms with E-state index in [1.165, 1.54) is 19.1 Å². The van der Waals surface area contributed by atoms with Crippen molar-refractivity contribution in [1.29, 1.82) is 0 Å². The van der Waals surface area contributed by atoms with Gasteiger partial charge >= 0.3 is 0 Å². The minimum atomic E-state index is -4.24. The molecule has 1 unspecified atom stereocenters. The number of nitro benzene ring substituents is 1. The number of fused-ring (bicyclic) bond motifs is 1. The lowest BCUT2D eigenvalue weighted by molar-refractivity contribution is -0.385. The highest BCUT2D eigenvalue weighted by molar-refractivity contribution is 7.90. The van der Waals surface area contributed by atoms with Crippen molar-refractivity contribution in [3.63, 3.8) is 0 Å². The van der Waals surface area contributed by atoms with E-state index < -0.39 is 26.8 Å². The van der Waals surface area contributed by atoms with Gasteiger partial charge in [0.2, 0.25) is 5.91 Å². The fraction of sp³-hybridized carbons (Fsp3) is 0.278. The van der Waals surface area contributed by atoms with E-state index in [1.54, 1.807) is 25.3 Å². The number of carbonyl (C=O) groups is 1. The summed E-state index contributed by atoms with van der Waals surface area (Å²) in [5.74, 6) is -0.614. The molecule has 0 saturated heterocycles. The third-order valence-corrected chi connectivity index (χ3v) is 6.16. The third-order valence-electron chi connectivity index (χ3n) is 4.67. The maximum absolute atomic E-state index is 12.7. The van der Waals surface area contributed by atoms with Crippen molar-refractivity contribution in [3.8, 4) is 5.75 Å². The Balaban J connectivity index is 1.90. The van der Waals surface area contributed by atoms with E-state index in [4.69, 9.17) is 4.74 Å². The van der Waals surface area contributed by atoms with Gasteiger partial charge in [0.15, 0.2) is 0 Å². The van der Waals surface area contributed by atoms with E-state index in [0.717, 1.165) is 17.2 Å². The molecule has 1 aliphatic carbocycles. The topological polar surface area (TPSA) is 116 Å². The van der Waals surface area contributed by atoms with E-state index >= 15 is 0 Å². The highest BCUT2D eigenvalue weighted by Crippen LogP contribution is 2.38. The van der Waals surface area contributed by atoms with Gasteiger partial charge in [-0.15, -0.1) is 0 Å². The van der Waals surface area contributed by atoms with Gasteiger partial charge in [-0.2, -0.15) is 0 Å². The van der Waals surface area contributed by atoms with Gasteiger partial charge in [-0.1, -0.05) is 18.2 Å². The zero-order valence-corrected chi connectivity index (χ0v) is 15.6. The number of nitro groups is 1. The number of amides is 1. The first-order valence-electron chi connectivity index (χ1n) is 8.22. The first kappa shape index (κ1) is 18.8. The van der Waals surface area contributed by atoms with Gasteiger partial charge in [0, 0.05) is 12.1 Å². The highest BCUT2D eigenvalue weighted by atomic mass is 32.2. The van der Waals surface area contributed by atoms with Crippen LogP contribution in [0.25, 0.3) is 0 Å². The first-order chi connectivity index (χ1) is 12.7. The fourth-order valence-electron chi connectivity index (χ4n) is 3.33. The molecule has 0 spiro atoms. The number of hydrogen-bond acceptors (Lipinski definition) is 6. The lowest BCUT2D eigenvalue weighted by Gasteiger charge is -2.14. The van der Waals surface area contributed by atoms with Gasteiger partial charge in [0.1, 0.15) is 5.75 Å². The standard InChI is InChI=1S/C18H18N2O6S/c1-11-6-7-12(20(22)23)10-17(11)27(24,25)19-18(21)15-9-8-14-13(15)4-3-5-16(14)26-2/h3-7,10,15H,8-9H2,1-2H3,(H,19,21). The number of aryl methyl sites for hydroxylation is 1. The van der Waals surface area contributed by atoms with Gasteiger partial charge in [-0.05, 0) is 42.5 Å². The summed E-state index contributed by atoms with van der Waals surface area (Å²) < 4.78 is 32.7. The largest absolute Gasteiger partial charge is 0.496 e. The number of sulfonamides is 1. The predicted octanol–water partition coefficient (Wildman–Crippen LogP) is 2.45. The van der Waals surface area contributed by atoms with Crippen molar-refractivity contribution in [2.45, 2.75) is 30.6 Å². The Hall–Kier alpha value is -2.94. The number of methoxy groups -OCH3 is 1.